The molecule has 1 heterocycles. The van der Waals surface area contributed by atoms with Crippen LogP contribution in [0.2, 0.25) is 10.0 Å². The highest BCUT2D eigenvalue weighted by Crippen LogP contribution is 2.25. The molecule has 0 fully saturated rings. The quantitative estimate of drug-likeness (QED) is 0.0972. The van der Waals surface area contributed by atoms with Gasteiger partial charge in [-0.25, -0.2) is 13.6 Å². The Hall–Kier alpha value is -5.19. The minimum absolute atomic E-state index is 0.0130. The number of amides is 1. The molecule has 0 unspecified atom stereocenters. The highest BCUT2D eigenvalue weighted by Gasteiger charge is 2.23. The van der Waals surface area contributed by atoms with Crippen molar-refractivity contribution in [3.05, 3.63) is 132 Å². The molecule has 0 atom stereocenters. The Labute approximate surface area is 306 Å². The van der Waals surface area contributed by atoms with E-state index in [9.17, 15) is 45.8 Å². The van der Waals surface area contributed by atoms with Crippen molar-refractivity contribution in [1.29, 1.82) is 0 Å². The molecule has 0 bridgehead atoms. The van der Waals surface area contributed by atoms with Gasteiger partial charge in [0.05, 0.1) is 50.9 Å². The van der Waals surface area contributed by atoms with Crippen molar-refractivity contribution in [1.82, 2.24) is 14.5 Å². The predicted molar refractivity (Wildman–Crippen MR) is 186 cm³/mol. The summed E-state index contributed by atoms with van der Waals surface area (Å²) in [4.78, 5) is 37.9. The van der Waals surface area contributed by atoms with Crippen molar-refractivity contribution in [2.75, 3.05) is 5.73 Å². The zero-order valence-electron chi connectivity index (χ0n) is 27.7. The lowest BCUT2D eigenvalue weighted by Gasteiger charge is -2.22. The molecule has 5 aromatic rings. The van der Waals surface area contributed by atoms with E-state index in [0.29, 0.717) is 11.1 Å². The fourth-order valence-electron chi connectivity index (χ4n) is 4.91. The average molecular weight is 788 g/mol. The summed E-state index contributed by atoms with van der Waals surface area (Å²) in [5, 5.41) is 12.2. The van der Waals surface area contributed by atoms with Crippen LogP contribution in [0.25, 0.3) is 10.9 Å². The largest absolute Gasteiger partial charge is 0.435 e. The molecule has 0 spiro atoms. The molecule has 1 aromatic heterocycles. The summed E-state index contributed by atoms with van der Waals surface area (Å²) in [5.74, 6) is -2.43. The number of halogens is 8. The van der Waals surface area contributed by atoms with Crippen LogP contribution in [0, 0.1) is 11.6 Å². The van der Waals surface area contributed by atoms with E-state index in [4.69, 9.17) is 28.9 Å². The summed E-state index contributed by atoms with van der Waals surface area (Å²) in [6.45, 7) is -3.38. The Bertz CT molecular complexity index is 2210. The Morgan fingerprint density at radius 1 is 0.811 bits per heavy atom. The third-order valence-corrected chi connectivity index (χ3v) is 7.87. The lowest BCUT2D eigenvalue weighted by Crippen LogP contribution is -2.43. The summed E-state index contributed by atoms with van der Waals surface area (Å²) in [6.07, 6.45) is 0. The molecule has 4 aromatic carbocycles. The van der Waals surface area contributed by atoms with Gasteiger partial charge in [-0.05, 0) is 73.5 Å². The van der Waals surface area contributed by atoms with E-state index < -0.39 is 47.6 Å². The molecular weight excluding hydrogens is 757 g/mol. The van der Waals surface area contributed by atoms with Crippen LogP contribution in [0.15, 0.2) is 82.4 Å². The van der Waals surface area contributed by atoms with Gasteiger partial charge in [0.15, 0.2) is 11.6 Å². The summed E-state index contributed by atoms with van der Waals surface area (Å²) in [5.41, 5.74) is 2.97. The molecule has 0 saturated carbocycles. The first-order valence-corrected chi connectivity index (χ1v) is 16.0. The van der Waals surface area contributed by atoms with Crippen molar-refractivity contribution in [3.8, 4) is 11.5 Å². The van der Waals surface area contributed by atoms with Gasteiger partial charge in [-0.2, -0.15) is 17.6 Å². The topological polar surface area (TPSA) is 138 Å². The lowest BCUT2D eigenvalue weighted by atomic mass is 10.1. The van der Waals surface area contributed by atoms with Gasteiger partial charge >= 0.3 is 18.9 Å². The van der Waals surface area contributed by atoms with Crippen molar-refractivity contribution in [3.63, 3.8) is 0 Å². The average Bonchev–Trinajstić information content (AvgIpc) is 3.08. The Balaban J connectivity index is 0.000000245. The van der Waals surface area contributed by atoms with E-state index in [1.807, 2.05) is 0 Å². The van der Waals surface area contributed by atoms with Crippen molar-refractivity contribution < 1.29 is 45.7 Å². The fraction of sp³-hybridized carbons (Fsp3) is 0.229. The highest BCUT2D eigenvalue weighted by atomic mass is 35.5. The van der Waals surface area contributed by atoms with Crippen LogP contribution in [-0.4, -0.2) is 39.0 Å². The van der Waals surface area contributed by atoms with E-state index in [1.165, 1.54) is 86.6 Å². The molecule has 282 valence electrons. The number of nitrogens with two attached hydrogens (primary N) is 1. The summed E-state index contributed by atoms with van der Waals surface area (Å²) in [7, 11) is 0. The molecule has 53 heavy (non-hydrogen) atoms. The number of aliphatic hydroxyl groups is 1. The first-order chi connectivity index (χ1) is 24.9. The van der Waals surface area contributed by atoms with Gasteiger partial charge in [0.25, 0.3) is 11.5 Å². The van der Waals surface area contributed by atoms with Gasteiger partial charge in [-0.15, -0.1) is 0 Å². The zero-order valence-corrected chi connectivity index (χ0v) is 29.2. The number of alkyl halides is 4. The van der Waals surface area contributed by atoms with Gasteiger partial charge < -0.3 is 25.6 Å². The predicted octanol–water partition coefficient (Wildman–Crippen LogP) is 6.97. The number of benzene rings is 4. The maximum absolute atomic E-state index is 14.7. The van der Waals surface area contributed by atoms with Crippen LogP contribution in [0.3, 0.4) is 0 Å². The van der Waals surface area contributed by atoms with Gasteiger partial charge in [-0.1, -0.05) is 47.5 Å². The lowest BCUT2D eigenvalue weighted by molar-refractivity contribution is -0.0505. The van der Waals surface area contributed by atoms with E-state index in [1.54, 1.807) is 0 Å². The molecule has 0 saturated heterocycles. The summed E-state index contributed by atoms with van der Waals surface area (Å²) >= 11 is 11.4. The molecule has 10 nitrogen and oxygen atoms in total. The smallest absolute Gasteiger partial charge is 0.387 e. The monoisotopic (exact) mass is 786 g/mol. The van der Waals surface area contributed by atoms with E-state index in [-0.39, 0.29) is 63.3 Å². The number of rotatable bonds is 11. The minimum atomic E-state index is -2.98. The highest BCUT2D eigenvalue weighted by molar-refractivity contribution is 6.31. The van der Waals surface area contributed by atoms with Crippen LogP contribution < -0.4 is 31.8 Å². The van der Waals surface area contributed by atoms with E-state index in [2.05, 4.69) is 14.8 Å². The Kier molecular flexibility index (Phi) is 13.1. The minimum Gasteiger partial charge on any atom is -0.435 e. The van der Waals surface area contributed by atoms with Crippen molar-refractivity contribution in [2.45, 2.75) is 52.3 Å². The molecule has 4 N–H and O–H groups in total. The standard InChI is InChI=1S/C20H18ClF3N2O4.C15H12ClF3N2O2/c1-20(2,29)10-26-16-13(7-8-14(21)15(16)22)17(27)25(19(26)28)9-11-3-5-12(6-4-11)30-18(23)24;16-11-6-5-10(13(20)12(11)17)14(22)21-7-8-1-3-9(4-2-8)23-15(18)19/h3-8,18,29H,9-10H2,1-2H3;1-6,15H,7,20H2,(H,21,22). The molecule has 0 aliphatic heterocycles. The van der Waals surface area contributed by atoms with Crippen LogP contribution in [0.4, 0.5) is 32.0 Å². The summed E-state index contributed by atoms with van der Waals surface area (Å²) in [6, 6.07) is 16.2. The van der Waals surface area contributed by atoms with Gasteiger partial charge in [0, 0.05) is 6.54 Å². The molecule has 5 rings (SSSR count). The molecule has 1 amide bonds. The second kappa shape index (κ2) is 17.1. The first-order valence-electron chi connectivity index (χ1n) is 15.3. The first kappa shape index (κ1) is 40.6. The third-order valence-electron chi connectivity index (χ3n) is 7.29. The second-order valence-corrected chi connectivity index (χ2v) is 12.7. The third kappa shape index (κ3) is 10.5. The van der Waals surface area contributed by atoms with Crippen LogP contribution in [0.1, 0.15) is 35.3 Å². The number of anilines is 1. The molecular formula is C35H30Cl2F6N4O6. The molecule has 18 heteroatoms. The van der Waals surface area contributed by atoms with E-state index in [0.717, 1.165) is 9.13 Å². The number of carbonyl (C=O) groups is 1. The van der Waals surface area contributed by atoms with Crippen molar-refractivity contribution >= 4 is 45.7 Å². The van der Waals surface area contributed by atoms with Crippen molar-refractivity contribution in [2.24, 2.45) is 0 Å². The normalized spacial score (nSPS) is 11.4. The Morgan fingerprint density at radius 2 is 1.32 bits per heavy atom. The number of nitrogens with zero attached hydrogens (tertiary/aromatic N) is 2. The number of aromatic nitrogens is 2. The number of hydrogen-bond donors (Lipinski definition) is 3. The number of nitrogens with one attached hydrogen (secondary N) is 1. The molecule has 0 radical (unpaired) electrons. The van der Waals surface area contributed by atoms with Gasteiger partial charge in [0.1, 0.15) is 11.5 Å². The number of carbonyl (C=O) groups excluding carboxylic acids is 1. The van der Waals surface area contributed by atoms with Crippen LogP contribution in [-0.2, 0) is 19.6 Å². The van der Waals surface area contributed by atoms with Gasteiger partial charge in [0.2, 0.25) is 0 Å². The number of ether oxygens (including phenoxy) is 2. The number of nitrogen functional groups attached to an aromatic ring is 1. The van der Waals surface area contributed by atoms with Gasteiger partial charge in [-0.3, -0.25) is 18.7 Å². The maximum Gasteiger partial charge on any atom is 0.387 e. The molecule has 0 aliphatic rings. The summed E-state index contributed by atoms with van der Waals surface area (Å²) < 4.78 is 87.2. The maximum atomic E-state index is 14.7. The number of hydrogen-bond acceptors (Lipinski definition) is 7. The molecule has 0 aliphatic carbocycles. The van der Waals surface area contributed by atoms with E-state index >= 15 is 0 Å². The Morgan fingerprint density at radius 3 is 1.85 bits per heavy atom. The number of fused-ring (bicyclic) bond motifs is 1. The SMILES string of the molecule is CC(C)(O)Cn1c(=O)n(Cc2ccc(OC(F)F)cc2)c(=O)c2ccc(Cl)c(F)c21.Nc1c(C(=O)NCc2ccc(OC(F)F)cc2)ccc(Cl)c1F. The van der Waals surface area contributed by atoms with Crippen LogP contribution in [0.5, 0.6) is 11.5 Å². The fourth-order valence-corrected chi connectivity index (χ4v) is 5.23. The van der Waals surface area contributed by atoms with Crippen LogP contribution >= 0.6 is 23.2 Å². The zero-order chi connectivity index (χ0) is 39.2. The second-order valence-electron chi connectivity index (χ2n) is 11.9.